The van der Waals surface area contributed by atoms with Crippen molar-refractivity contribution in [1.82, 2.24) is 0 Å². The van der Waals surface area contributed by atoms with E-state index in [1.54, 1.807) is 27.7 Å². The molecule has 0 amide bonds. The van der Waals surface area contributed by atoms with Gasteiger partial charge in [-0.3, -0.25) is 0 Å². The smallest absolute Gasteiger partial charge is 0.403 e. The first-order chi connectivity index (χ1) is 9.98. The Kier molecular flexibility index (Phi) is 4.05. The highest BCUT2D eigenvalue weighted by Crippen LogP contribution is 2.46. The Labute approximate surface area is 128 Å². The van der Waals surface area contributed by atoms with Crippen molar-refractivity contribution in [2.75, 3.05) is 0 Å². The summed E-state index contributed by atoms with van der Waals surface area (Å²) in [5.74, 6) is -1.94. The van der Waals surface area contributed by atoms with Crippen molar-refractivity contribution in [2.45, 2.75) is 50.9 Å². The number of nitrogens with zero attached hydrogens (tertiary/aromatic N) is 1. The third kappa shape index (κ3) is 2.99. The second kappa shape index (κ2) is 5.29. The molecule has 1 atom stereocenters. The van der Waals surface area contributed by atoms with Crippen LogP contribution in [0.15, 0.2) is 24.3 Å². The fourth-order valence-corrected chi connectivity index (χ4v) is 2.33. The maximum absolute atomic E-state index is 13.6. The number of rotatable bonds is 2. The van der Waals surface area contributed by atoms with E-state index in [-0.39, 0.29) is 11.1 Å². The molecule has 0 spiro atoms. The lowest BCUT2D eigenvalue weighted by Gasteiger charge is -2.32. The molecular weight excluding hydrogens is 294 g/mol. The molecule has 0 radical (unpaired) electrons. The molecule has 2 rings (SSSR count). The van der Waals surface area contributed by atoms with Crippen molar-refractivity contribution >= 4 is 7.12 Å². The second-order valence-corrected chi connectivity index (χ2v) is 6.38. The van der Waals surface area contributed by atoms with Crippen molar-refractivity contribution in [3.8, 4) is 6.07 Å². The van der Waals surface area contributed by atoms with Gasteiger partial charge >= 0.3 is 13.3 Å². The topological polar surface area (TPSA) is 42.2 Å². The summed E-state index contributed by atoms with van der Waals surface area (Å²) in [6.07, 6.45) is -4.55. The third-order valence-corrected chi connectivity index (χ3v) is 4.27. The number of alkyl halides is 3. The van der Waals surface area contributed by atoms with Crippen LogP contribution < -0.4 is 0 Å². The van der Waals surface area contributed by atoms with E-state index in [0.29, 0.717) is 0 Å². The maximum Gasteiger partial charge on any atom is 0.475 e. The lowest BCUT2D eigenvalue weighted by molar-refractivity contribution is -0.138. The fraction of sp³-hybridized carbons (Fsp3) is 0.533. The lowest BCUT2D eigenvalue weighted by atomic mass is 9.67. The van der Waals surface area contributed by atoms with E-state index < -0.39 is 30.3 Å². The predicted octanol–water partition coefficient (Wildman–Crippen LogP) is 3.84. The highest BCUT2D eigenvalue weighted by molar-refractivity contribution is 6.48. The predicted molar refractivity (Wildman–Crippen MR) is 76.0 cm³/mol. The van der Waals surface area contributed by atoms with Crippen molar-refractivity contribution in [1.29, 1.82) is 5.26 Å². The van der Waals surface area contributed by atoms with E-state index in [2.05, 4.69) is 0 Å². The summed E-state index contributed by atoms with van der Waals surface area (Å²) in [7, 11) is -1.45. The normalized spacial score (nSPS) is 21.5. The van der Waals surface area contributed by atoms with Crippen LogP contribution in [-0.2, 0) is 9.31 Å². The van der Waals surface area contributed by atoms with Gasteiger partial charge in [-0.25, -0.2) is 0 Å². The molecule has 1 unspecified atom stereocenters. The molecule has 118 valence electrons. The molecule has 1 aliphatic heterocycles. The molecule has 1 heterocycles. The summed E-state index contributed by atoms with van der Waals surface area (Å²) < 4.78 is 51.8. The number of hydrogen-bond acceptors (Lipinski definition) is 3. The van der Waals surface area contributed by atoms with E-state index in [1.807, 2.05) is 6.07 Å². The Bertz CT molecular complexity index is 592. The minimum absolute atomic E-state index is 0.0370. The molecule has 0 saturated carbocycles. The highest BCUT2D eigenvalue weighted by Gasteiger charge is 2.60. The second-order valence-electron chi connectivity index (χ2n) is 6.38. The standard InChI is InChI=1S/C15H17BF3NO2/c1-13(2)14(3,4)22-16(21-13)12(15(17,18)19)11-7-5-6-10(8-11)9-20/h5-8,12H,1-4H3. The molecule has 1 aromatic carbocycles. The molecule has 0 aliphatic carbocycles. The molecule has 22 heavy (non-hydrogen) atoms. The molecule has 0 bridgehead atoms. The Balaban J connectivity index is 2.43. The summed E-state index contributed by atoms with van der Waals surface area (Å²) in [4.78, 5) is 0. The van der Waals surface area contributed by atoms with Crippen molar-refractivity contribution < 1.29 is 22.5 Å². The molecule has 1 aromatic rings. The molecule has 1 fully saturated rings. The van der Waals surface area contributed by atoms with Crippen LogP contribution in [-0.4, -0.2) is 24.5 Å². The quantitative estimate of drug-likeness (QED) is 0.779. The van der Waals surface area contributed by atoms with Crippen molar-refractivity contribution in [2.24, 2.45) is 0 Å². The number of benzene rings is 1. The number of nitriles is 1. The van der Waals surface area contributed by atoms with Crippen molar-refractivity contribution in [3.63, 3.8) is 0 Å². The zero-order valence-electron chi connectivity index (χ0n) is 12.9. The van der Waals surface area contributed by atoms with Gasteiger partial charge in [0.15, 0.2) is 0 Å². The summed E-state index contributed by atoms with van der Waals surface area (Å²) in [5, 5.41) is 8.88. The van der Waals surface area contributed by atoms with Crippen LogP contribution in [0.5, 0.6) is 0 Å². The van der Waals surface area contributed by atoms with Gasteiger partial charge in [-0.05, 0) is 45.4 Å². The van der Waals surface area contributed by atoms with Crippen LogP contribution in [0.4, 0.5) is 13.2 Å². The van der Waals surface area contributed by atoms with Gasteiger partial charge < -0.3 is 9.31 Å². The van der Waals surface area contributed by atoms with Gasteiger partial charge in [-0.1, -0.05) is 12.1 Å². The molecule has 7 heteroatoms. The number of hydrogen-bond donors (Lipinski definition) is 0. The summed E-state index contributed by atoms with van der Waals surface area (Å²) in [6, 6.07) is 7.30. The van der Waals surface area contributed by atoms with Gasteiger partial charge in [0, 0.05) is 0 Å². The van der Waals surface area contributed by atoms with E-state index >= 15 is 0 Å². The van der Waals surface area contributed by atoms with Gasteiger partial charge in [0.1, 0.15) is 5.82 Å². The van der Waals surface area contributed by atoms with Crippen LogP contribution in [0, 0.1) is 11.3 Å². The van der Waals surface area contributed by atoms with Crippen molar-refractivity contribution in [3.05, 3.63) is 35.4 Å². The highest BCUT2D eigenvalue weighted by atomic mass is 19.4. The van der Waals surface area contributed by atoms with Crippen LogP contribution >= 0.6 is 0 Å². The van der Waals surface area contributed by atoms with Gasteiger partial charge in [-0.2, -0.15) is 18.4 Å². The van der Waals surface area contributed by atoms with Crippen LogP contribution in [0.25, 0.3) is 0 Å². The molecule has 0 N–H and O–H groups in total. The van der Waals surface area contributed by atoms with Gasteiger partial charge in [0.25, 0.3) is 0 Å². The summed E-state index contributed by atoms with van der Waals surface area (Å²) >= 11 is 0. The largest absolute Gasteiger partial charge is 0.475 e. The number of halogens is 3. The molecule has 1 aliphatic rings. The first-order valence-electron chi connectivity index (χ1n) is 6.90. The minimum Gasteiger partial charge on any atom is -0.403 e. The van der Waals surface area contributed by atoms with E-state index in [9.17, 15) is 13.2 Å². The van der Waals surface area contributed by atoms with Gasteiger partial charge in [-0.15, -0.1) is 0 Å². The lowest BCUT2D eigenvalue weighted by Crippen LogP contribution is -2.41. The summed E-state index contributed by atoms with van der Waals surface area (Å²) in [6.45, 7) is 6.80. The third-order valence-electron chi connectivity index (χ3n) is 4.27. The first-order valence-corrected chi connectivity index (χ1v) is 6.90. The average Bonchev–Trinajstić information content (AvgIpc) is 2.56. The Hall–Kier alpha value is -1.52. The van der Waals surface area contributed by atoms with E-state index in [0.717, 1.165) is 0 Å². The zero-order chi connectivity index (χ0) is 16.8. The first kappa shape index (κ1) is 16.8. The van der Waals surface area contributed by atoms with Gasteiger partial charge in [0.2, 0.25) is 0 Å². The summed E-state index contributed by atoms with van der Waals surface area (Å²) in [5.41, 5.74) is -1.57. The Morgan fingerprint density at radius 3 is 2.14 bits per heavy atom. The van der Waals surface area contributed by atoms with E-state index in [4.69, 9.17) is 14.6 Å². The molecule has 3 nitrogen and oxygen atoms in total. The molecular formula is C15H17BF3NO2. The maximum atomic E-state index is 13.6. The molecule has 1 saturated heterocycles. The zero-order valence-corrected chi connectivity index (χ0v) is 12.9. The van der Waals surface area contributed by atoms with Crippen LogP contribution in [0.2, 0.25) is 0 Å². The Morgan fingerprint density at radius 2 is 1.68 bits per heavy atom. The van der Waals surface area contributed by atoms with E-state index in [1.165, 1.54) is 24.3 Å². The van der Waals surface area contributed by atoms with Crippen LogP contribution in [0.3, 0.4) is 0 Å². The minimum atomic E-state index is -4.55. The SMILES string of the molecule is CC1(C)OB(C(c2cccc(C#N)c2)C(F)(F)F)OC1(C)C. The van der Waals surface area contributed by atoms with Gasteiger partial charge in [0.05, 0.1) is 22.8 Å². The fourth-order valence-electron chi connectivity index (χ4n) is 2.33. The Morgan fingerprint density at radius 1 is 1.14 bits per heavy atom. The molecule has 0 aromatic heterocycles. The average molecular weight is 311 g/mol. The monoisotopic (exact) mass is 311 g/mol. The van der Waals surface area contributed by atoms with Crippen LogP contribution in [0.1, 0.15) is 44.6 Å².